The summed E-state index contributed by atoms with van der Waals surface area (Å²) in [5.74, 6) is -0.219. The Labute approximate surface area is 118 Å². The van der Waals surface area contributed by atoms with Gasteiger partial charge in [-0.15, -0.1) is 0 Å². The van der Waals surface area contributed by atoms with Gasteiger partial charge in [-0.05, 0) is 34.6 Å². The van der Waals surface area contributed by atoms with E-state index in [1.807, 2.05) is 13.1 Å². The average Bonchev–Trinajstić information content (AvgIpc) is 2.25. The van der Waals surface area contributed by atoms with Gasteiger partial charge in [0.15, 0.2) is 0 Å². The molecule has 2 nitrogen and oxygen atoms in total. The summed E-state index contributed by atoms with van der Waals surface area (Å²) in [5.41, 5.74) is 0.949. The van der Waals surface area contributed by atoms with E-state index in [1.54, 1.807) is 13.2 Å². The lowest BCUT2D eigenvalue weighted by Crippen LogP contribution is -2.28. The average molecular weight is 369 g/mol. The summed E-state index contributed by atoms with van der Waals surface area (Å²) in [6.07, 6.45) is 0. The van der Waals surface area contributed by atoms with Gasteiger partial charge in [0.2, 0.25) is 0 Å². The molecule has 0 aliphatic carbocycles. The van der Waals surface area contributed by atoms with Crippen LogP contribution in [0.1, 0.15) is 5.56 Å². The van der Waals surface area contributed by atoms with Gasteiger partial charge in [-0.1, -0.05) is 28.1 Å². The summed E-state index contributed by atoms with van der Waals surface area (Å²) in [7, 11) is 3.68. The van der Waals surface area contributed by atoms with Crippen molar-refractivity contribution in [2.24, 2.45) is 0 Å². The van der Waals surface area contributed by atoms with Crippen molar-refractivity contribution in [2.45, 2.75) is 11.4 Å². The van der Waals surface area contributed by atoms with Gasteiger partial charge in [-0.3, -0.25) is 0 Å². The smallest absolute Gasteiger partial charge is 0.137 e. The van der Waals surface area contributed by atoms with Crippen LogP contribution in [0.4, 0.5) is 4.39 Å². The third-order valence-electron chi connectivity index (χ3n) is 2.33. The predicted octanol–water partition coefficient (Wildman–Crippen LogP) is 3.43. The molecular weight excluding hydrogens is 353 g/mol. The monoisotopic (exact) mass is 367 g/mol. The Balaban J connectivity index is 2.56. The third kappa shape index (κ3) is 5.04. The molecule has 0 heterocycles. The first-order valence-corrected chi connectivity index (χ1v) is 7.00. The number of benzene rings is 1. The molecule has 1 unspecified atom stereocenters. The lowest BCUT2D eigenvalue weighted by atomic mass is 10.2. The summed E-state index contributed by atoms with van der Waals surface area (Å²) in [4.78, 5) is 2.41. The first-order chi connectivity index (χ1) is 8.04. The van der Waals surface area contributed by atoms with Crippen LogP contribution in [-0.4, -0.2) is 37.0 Å². The highest BCUT2D eigenvalue weighted by Gasteiger charge is 2.11. The summed E-state index contributed by atoms with van der Waals surface area (Å²) >= 11 is 6.80. The number of ether oxygens (including phenoxy) is 1. The third-order valence-corrected chi connectivity index (χ3v) is 3.77. The quantitative estimate of drug-likeness (QED) is 0.713. The number of rotatable bonds is 6. The van der Waals surface area contributed by atoms with Gasteiger partial charge in [0.1, 0.15) is 5.82 Å². The van der Waals surface area contributed by atoms with E-state index in [2.05, 4.69) is 36.8 Å². The fourth-order valence-electron chi connectivity index (χ4n) is 1.60. The number of hydrogen-bond acceptors (Lipinski definition) is 2. The van der Waals surface area contributed by atoms with Crippen molar-refractivity contribution in [3.8, 4) is 0 Å². The number of nitrogens with zero attached hydrogens (tertiary/aromatic N) is 1. The molecule has 1 aromatic rings. The van der Waals surface area contributed by atoms with Crippen LogP contribution in [0.25, 0.3) is 0 Å². The van der Waals surface area contributed by atoms with Crippen LogP contribution in [0.2, 0.25) is 0 Å². The van der Waals surface area contributed by atoms with E-state index in [9.17, 15) is 4.39 Å². The van der Waals surface area contributed by atoms with Crippen molar-refractivity contribution in [1.29, 1.82) is 0 Å². The molecule has 0 bridgehead atoms. The minimum atomic E-state index is -0.219. The Bertz CT molecular complexity index is 362. The van der Waals surface area contributed by atoms with E-state index in [1.165, 1.54) is 6.07 Å². The summed E-state index contributed by atoms with van der Waals surface area (Å²) in [6.45, 7) is 2.20. The van der Waals surface area contributed by atoms with Crippen LogP contribution in [-0.2, 0) is 11.3 Å². The zero-order valence-electron chi connectivity index (χ0n) is 9.92. The highest BCUT2D eigenvalue weighted by molar-refractivity contribution is 9.10. The molecule has 0 N–H and O–H groups in total. The zero-order valence-corrected chi connectivity index (χ0v) is 13.1. The van der Waals surface area contributed by atoms with Crippen molar-refractivity contribution in [3.05, 3.63) is 34.1 Å². The fourth-order valence-corrected chi connectivity index (χ4v) is 2.75. The molecule has 5 heteroatoms. The largest absolute Gasteiger partial charge is 0.383 e. The maximum Gasteiger partial charge on any atom is 0.137 e. The molecule has 0 saturated carbocycles. The summed E-state index contributed by atoms with van der Waals surface area (Å²) < 4.78 is 18.9. The van der Waals surface area contributed by atoms with Crippen molar-refractivity contribution in [2.75, 3.05) is 27.3 Å². The Morgan fingerprint density at radius 2 is 2.18 bits per heavy atom. The van der Waals surface area contributed by atoms with Crippen LogP contribution in [0.5, 0.6) is 0 Å². The fraction of sp³-hybridized carbons (Fsp3) is 0.500. The first-order valence-electron chi connectivity index (χ1n) is 5.29. The van der Waals surface area contributed by atoms with Crippen LogP contribution in [0, 0.1) is 5.82 Å². The number of methoxy groups -OCH3 is 1. The highest BCUT2D eigenvalue weighted by atomic mass is 79.9. The van der Waals surface area contributed by atoms with Gasteiger partial charge < -0.3 is 9.64 Å². The standard InChI is InChI=1S/C12H16Br2FNO/c1-16(7-10(13)8-17-2)6-9-4-3-5-11(15)12(9)14/h3-5,10H,6-8H2,1-2H3. The Kier molecular flexibility index (Phi) is 6.62. The molecule has 1 atom stereocenters. The lowest BCUT2D eigenvalue weighted by molar-refractivity contribution is 0.185. The molecule has 0 aliphatic rings. The van der Waals surface area contributed by atoms with E-state index in [4.69, 9.17) is 4.74 Å². The molecule has 0 fully saturated rings. The van der Waals surface area contributed by atoms with Gasteiger partial charge >= 0.3 is 0 Å². The zero-order chi connectivity index (χ0) is 12.8. The number of hydrogen-bond donors (Lipinski definition) is 0. The lowest BCUT2D eigenvalue weighted by Gasteiger charge is -2.20. The second kappa shape index (κ2) is 7.46. The maximum atomic E-state index is 13.3. The van der Waals surface area contributed by atoms with Crippen molar-refractivity contribution in [3.63, 3.8) is 0 Å². The summed E-state index contributed by atoms with van der Waals surface area (Å²) in [5, 5.41) is 0. The van der Waals surface area contributed by atoms with E-state index in [-0.39, 0.29) is 10.6 Å². The van der Waals surface area contributed by atoms with Crippen molar-refractivity contribution >= 4 is 31.9 Å². The van der Waals surface area contributed by atoms with Gasteiger partial charge in [-0.25, -0.2) is 4.39 Å². The molecule has 1 rings (SSSR count). The minimum absolute atomic E-state index is 0.219. The van der Waals surface area contributed by atoms with Gasteiger partial charge in [0.25, 0.3) is 0 Å². The molecular formula is C12H16Br2FNO. The van der Waals surface area contributed by atoms with Gasteiger partial charge in [-0.2, -0.15) is 0 Å². The molecule has 0 saturated heterocycles. The Morgan fingerprint density at radius 3 is 2.82 bits per heavy atom. The van der Waals surface area contributed by atoms with E-state index in [0.29, 0.717) is 17.6 Å². The van der Waals surface area contributed by atoms with Crippen LogP contribution >= 0.6 is 31.9 Å². The van der Waals surface area contributed by atoms with E-state index >= 15 is 0 Å². The maximum absolute atomic E-state index is 13.3. The van der Waals surface area contributed by atoms with Crippen LogP contribution in [0.3, 0.4) is 0 Å². The second-order valence-electron chi connectivity index (χ2n) is 3.96. The Morgan fingerprint density at radius 1 is 1.47 bits per heavy atom. The first kappa shape index (κ1) is 15.1. The molecule has 1 aromatic carbocycles. The van der Waals surface area contributed by atoms with Crippen molar-refractivity contribution < 1.29 is 9.13 Å². The van der Waals surface area contributed by atoms with E-state index < -0.39 is 0 Å². The van der Waals surface area contributed by atoms with Crippen LogP contribution < -0.4 is 0 Å². The van der Waals surface area contributed by atoms with E-state index in [0.717, 1.165) is 12.1 Å². The molecule has 0 amide bonds. The number of halogens is 3. The van der Waals surface area contributed by atoms with Crippen LogP contribution in [0.15, 0.2) is 22.7 Å². The Hall–Kier alpha value is 0.0300. The highest BCUT2D eigenvalue weighted by Crippen LogP contribution is 2.21. The molecule has 0 aromatic heterocycles. The molecule has 17 heavy (non-hydrogen) atoms. The summed E-state index contributed by atoms with van der Waals surface area (Å²) in [6, 6.07) is 5.10. The van der Waals surface area contributed by atoms with Gasteiger partial charge in [0.05, 0.1) is 15.9 Å². The molecule has 0 radical (unpaired) electrons. The predicted molar refractivity (Wildman–Crippen MR) is 75.0 cm³/mol. The minimum Gasteiger partial charge on any atom is -0.383 e. The molecule has 0 spiro atoms. The SMILES string of the molecule is COCC(Br)CN(C)Cc1cccc(F)c1Br. The molecule has 96 valence electrons. The number of alkyl halides is 1. The van der Waals surface area contributed by atoms with Crippen molar-refractivity contribution in [1.82, 2.24) is 4.90 Å². The topological polar surface area (TPSA) is 12.5 Å². The molecule has 0 aliphatic heterocycles. The normalized spacial score (nSPS) is 13.1. The van der Waals surface area contributed by atoms with Gasteiger partial charge in [0, 0.05) is 20.2 Å². The second-order valence-corrected chi connectivity index (χ2v) is 6.05.